The highest BCUT2D eigenvalue weighted by atomic mass is 16.5. The number of ether oxygens (including phenoxy) is 1. The van der Waals surface area contributed by atoms with E-state index < -0.39 is 48.5 Å². The minimum absolute atomic E-state index is 0.0171. The molecule has 0 saturated heterocycles. The van der Waals surface area contributed by atoms with E-state index in [1.165, 1.54) is 12.1 Å². The lowest BCUT2D eigenvalue weighted by atomic mass is 10.0. The average molecular weight is 515 g/mol. The first kappa shape index (κ1) is 29.1. The predicted octanol–water partition coefficient (Wildman–Crippen LogP) is 0.723. The molecule has 0 unspecified atom stereocenters. The molecule has 0 aliphatic rings. The van der Waals surface area contributed by atoms with E-state index in [1.807, 2.05) is 19.9 Å². The lowest BCUT2D eigenvalue weighted by molar-refractivity contribution is -0.132. The summed E-state index contributed by atoms with van der Waals surface area (Å²) in [6.45, 7) is 2.93. The second-order valence-electron chi connectivity index (χ2n) is 8.97. The van der Waals surface area contributed by atoms with Crippen LogP contribution in [0.3, 0.4) is 0 Å². The number of nitrogens with two attached hydrogens (primary N) is 1. The molecule has 4 amide bonds. The van der Waals surface area contributed by atoms with E-state index in [9.17, 15) is 29.4 Å². The number of benzene rings is 2. The number of hydrogen-bond donors (Lipinski definition) is 6. The van der Waals surface area contributed by atoms with Crippen LogP contribution in [0.2, 0.25) is 0 Å². The van der Waals surface area contributed by atoms with Gasteiger partial charge in [-0.15, -0.1) is 0 Å². The topological polar surface area (TPSA) is 180 Å². The van der Waals surface area contributed by atoms with Crippen LogP contribution in [-0.2, 0) is 32.1 Å². The number of aromatic hydroxyl groups is 1. The standard InChI is InChI=1S/C26H34N4O7/c1-16(2)12-21(24(34)28-20(23(27)33)13-17-8-10-19(32)11-9-17)29-25(35)22(14-31)30-26(36)37-15-18-6-4-3-5-7-18/h3-11,16,20-22,31-32H,12-15H2,1-2H3,(H2,27,33)(H,28,34)(H,29,35)(H,30,36)/t20-,21-,22-/m1/s1. The number of carbonyl (C=O) groups is 4. The molecule has 37 heavy (non-hydrogen) atoms. The minimum atomic E-state index is -1.37. The largest absolute Gasteiger partial charge is 0.508 e. The second-order valence-corrected chi connectivity index (χ2v) is 8.97. The molecule has 0 fully saturated rings. The summed E-state index contributed by atoms with van der Waals surface area (Å²) >= 11 is 0. The van der Waals surface area contributed by atoms with Crippen molar-refractivity contribution in [3.63, 3.8) is 0 Å². The van der Waals surface area contributed by atoms with E-state index in [-0.39, 0.29) is 31.1 Å². The van der Waals surface area contributed by atoms with Gasteiger partial charge in [0, 0.05) is 6.42 Å². The molecular formula is C26H34N4O7. The SMILES string of the molecule is CC(C)C[C@@H](NC(=O)[C@@H](CO)NC(=O)OCc1ccccc1)C(=O)N[C@H](Cc1ccc(O)cc1)C(N)=O. The third-order valence-corrected chi connectivity index (χ3v) is 5.38. The summed E-state index contributed by atoms with van der Waals surface area (Å²) in [4.78, 5) is 49.9. The number of rotatable bonds is 13. The van der Waals surface area contributed by atoms with Gasteiger partial charge in [-0.2, -0.15) is 0 Å². The molecule has 0 bridgehead atoms. The number of phenols is 1. The Morgan fingerprint density at radius 2 is 1.43 bits per heavy atom. The summed E-state index contributed by atoms with van der Waals surface area (Å²) in [5.41, 5.74) is 6.88. The Balaban J connectivity index is 2.01. The van der Waals surface area contributed by atoms with E-state index in [0.717, 1.165) is 5.56 Å². The van der Waals surface area contributed by atoms with E-state index in [4.69, 9.17) is 10.5 Å². The van der Waals surface area contributed by atoms with Crippen LogP contribution in [0.1, 0.15) is 31.4 Å². The maximum atomic E-state index is 13.0. The van der Waals surface area contributed by atoms with Crippen LogP contribution in [-0.4, -0.2) is 58.8 Å². The van der Waals surface area contributed by atoms with Gasteiger partial charge in [-0.05, 0) is 35.6 Å². The molecule has 2 aromatic rings. The normalized spacial score (nSPS) is 13.2. The highest BCUT2D eigenvalue weighted by Crippen LogP contribution is 2.12. The molecule has 0 heterocycles. The van der Waals surface area contributed by atoms with Gasteiger partial charge in [0.15, 0.2) is 0 Å². The lowest BCUT2D eigenvalue weighted by Crippen LogP contribution is -2.57. The van der Waals surface area contributed by atoms with Gasteiger partial charge in [0.25, 0.3) is 0 Å². The number of alkyl carbamates (subject to hydrolysis) is 1. The van der Waals surface area contributed by atoms with Gasteiger partial charge in [0.1, 0.15) is 30.5 Å². The smallest absolute Gasteiger partial charge is 0.408 e. The van der Waals surface area contributed by atoms with Crippen LogP contribution < -0.4 is 21.7 Å². The van der Waals surface area contributed by atoms with Crippen molar-refractivity contribution in [1.82, 2.24) is 16.0 Å². The van der Waals surface area contributed by atoms with Crippen LogP contribution in [0.5, 0.6) is 5.75 Å². The number of amides is 4. The molecule has 0 aliphatic carbocycles. The van der Waals surface area contributed by atoms with Crippen LogP contribution in [0.25, 0.3) is 0 Å². The van der Waals surface area contributed by atoms with Crippen LogP contribution >= 0.6 is 0 Å². The number of primary amides is 1. The first-order valence-electron chi connectivity index (χ1n) is 11.8. The Bertz CT molecular complexity index is 1040. The fourth-order valence-corrected chi connectivity index (χ4v) is 3.44. The van der Waals surface area contributed by atoms with Crippen LogP contribution in [0, 0.1) is 5.92 Å². The Morgan fingerprint density at radius 1 is 0.838 bits per heavy atom. The van der Waals surface area contributed by atoms with Gasteiger partial charge >= 0.3 is 6.09 Å². The number of aliphatic hydroxyl groups is 1. The molecule has 2 rings (SSSR count). The molecule has 3 atom stereocenters. The number of carbonyl (C=O) groups excluding carboxylic acids is 4. The molecular weight excluding hydrogens is 480 g/mol. The summed E-state index contributed by atoms with van der Waals surface area (Å²) in [5, 5.41) is 26.5. The molecule has 0 saturated carbocycles. The number of nitrogens with one attached hydrogen (secondary N) is 3. The van der Waals surface area contributed by atoms with E-state index in [0.29, 0.717) is 5.56 Å². The molecule has 0 aliphatic heterocycles. The fraction of sp³-hybridized carbons (Fsp3) is 0.385. The zero-order valence-electron chi connectivity index (χ0n) is 20.8. The third-order valence-electron chi connectivity index (χ3n) is 5.38. The molecule has 2 aromatic carbocycles. The quantitative estimate of drug-likeness (QED) is 0.228. The van der Waals surface area contributed by atoms with Gasteiger partial charge in [-0.3, -0.25) is 14.4 Å². The minimum Gasteiger partial charge on any atom is -0.508 e. The third kappa shape index (κ3) is 10.2. The highest BCUT2D eigenvalue weighted by molar-refractivity contribution is 5.93. The van der Waals surface area contributed by atoms with Crippen LogP contribution in [0.4, 0.5) is 4.79 Å². The summed E-state index contributed by atoms with van der Waals surface area (Å²) < 4.78 is 5.08. The van der Waals surface area contributed by atoms with Gasteiger partial charge in [0.05, 0.1) is 6.61 Å². The highest BCUT2D eigenvalue weighted by Gasteiger charge is 2.29. The maximum absolute atomic E-state index is 13.0. The van der Waals surface area contributed by atoms with Crippen molar-refractivity contribution in [2.24, 2.45) is 11.7 Å². The number of hydrogen-bond acceptors (Lipinski definition) is 7. The van der Waals surface area contributed by atoms with Crippen molar-refractivity contribution in [2.45, 2.75) is 51.4 Å². The van der Waals surface area contributed by atoms with Gasteiger partial charge in [-0.1, -0.05) is 56.3 Å². The molecule has 200 valence electrons. The Kier molecular flexibility index (Phi) is 11.4. The molecule has 11 heteroatoms. The molecule has 0 spiro atoms. The Morgan fingerprint density at radius 3 is 2.00 bits per heavy atom. The maximum Gasteiger partial charge on any atom is 0.408 e. The van der Waals surface area contributed by atoms with Crippen molar-refractivity contribution in [3.8, 4) is 5.75 Å². The van der Waals surface area contributed by atoms with E-state index >= 15 is 0 Å². The first-order valence-corrected chi connectivity index (χ1v) is 11.8. The van der Waals surface area contributed by atoms with Crippen molar-refractivity contribution in [2.75, 3.05) is 6.61 Å². The zero-order valence-corrected chi connectivity index (χ0v) is 20.8. The average Bonchev–Trinajstić information content (AvgIpc) is 2.86. The summed E-state index contributed by atoms with van der Waals surface area (Å²) in [6.07, 6.45) is -0.609. The summed E-state index contributed by atoms with van der Waals surface area (Å²) in [5.74, 6) is -2.18. The zero-order chi connectivity index (χ0) is 27.4. The molecule has 0 radical (unpaired) electrons. The predicted molar refractivity (Wildman–Crippen MR) is 135 cm³/mol. The fourth-order valence-electron chi connectivity index (χ4n) is 3.44. The van der Waals surface area contributed by atoms with Crippen molar-refractivity contribution in [1.29, 1.82) is 0 Å². The lowest BCUT2D eigenvalue weighted by Gasteiger charge is -2.25. The second kappa shape index (κ2) is 14.4. The Labute approximate surface area is 215 Å². The molecule has 7 N–H and O–H groups in total. The van der Waals surface area contributed by atoms with Crippen molar-refractivity contribution >= 4 is 23.8 Å². The first-order chi connectivity index (χ1) is 17.6. The van der Waals surface area contributed by atoms with Gasteiger partial charge in [-0.25, -0.2) is 4.79 Å². The molecule has 0 aromatic heterocycles. The van der Waals surface area contributed by atoms with Gasteiger partial charge in [0.2, 0.25) is 17.7 Å². The van der Waals surface area contributed by atoms with E-state index in [1.54, 1.807) is 36.4 Å². The number of phenolic OH excluding ortho intramolecular Hbond substituents is 1. The van der Waals surface area contributed by atoms with Crippen molar-refractivity contribution in [3.05, 3.63) is 65.7 Å². The molecule has 11 nitrogen and oxygen atoms in total. The van der Waals surface area contributed by atoms with Crippen LogP contribution in [0.15, 0.2) is 54.6 Å². The van der Waals surface area contributed by atoms with E-state index in [2.05, 4.69) is 16.0 Å². The number of aliphatic hydroxyl groups excluding tert-OH is 1. The Hall–Kier alpha value is -4.12. The van der Waals surface area contributed by atoms with Gasteiger partial charge < -0.3 is 36.6 Å². The summed E-state index contributed by atoms with van der Waals surface area (Å²) in [6, 6.07) is 11.5. The summed E-state index contributed by atoms with van der Waals surface area (Å²) in [7, 11) is 0. The van der Waals surface area contributed by atoms with Crippen molar-refractivity contribution < 1.29 is 34.1 Å². The monoisotopic (exact) mass is 514 g/mol.